The number of benzene rings is 1. The molecule has 2 amide bonds. The second-order valence-electron chi connectivity index (χ2n) is 4.84. The third-order valence-corrected chi connectivity index (χ3v) is 5.38. The summed E-state index contributed by atoms with van der Waals surface area (Å²) < 4.78 is 0. The summed E-state index contributed by atoms with van der Waals surface area (Å²) in [6.07, 6.45) is 2.45. The highest BCUT2D eigenvalue weighted by molar-refractivity contribution is 8.00. The van der Waals surface area contributed by atoms with Crippen molar-refractivity contribution in [1.29, 1.82) is 0 Å². The summed E-state index contributed by atoms with van der Waals surface area (Å²) in [5.41, 5.74) is 5.37. The van der Waals surface area contributed by atoms with Gasteiger partial charge in [-0.25, -0.2) is 0 Å². The maximum atomic E-state index is 12.3. The lowest BCUT2D eigenvalue weighted by molar-refractivity contribution is -0.138. The van der Waals surface area contributed by atoms with Crippen LogP contribution in [0.2, 0.25) is 10.0 Å². The Morgan fingerprint density at radius 3 is 2.57 bits per heavy atom. The summed E-state index contributed by atoms with van der Waals surface area (Å²) in [5.74, 6) is -0.365. The van der Waals surface area contributed by atoms with Crippen LogP contribution in [-0.4, -0.2) is 35.1 Å². The lowest BCUT2D eigenvalue weighted by Gasteiger charge is -2.33. The molecule has 7 heteroatoms. The van der Waals surface area contributed by atoms with Gasteiger partial charge in [-0.3, -0.25) is 9.59 Å². The first-order valence-corrected chi connectivity index (χ1v) is 8.40. The average molecular weight is 347 g/mol. The number of piperidine rings is 1. The number of amides is 2. The van der Waals surface area contributed by atoms with E-state index >= 15 is 0 Å². The number of likely N-dealkylation sites (tertiary alicyclic amines) is 1. The number of carbonyl (C=O) groups excluding carboxylic acids is 2. The zero-order chi connectivity index (χ0) is 15.4. The molecule has 1 aromatic carbocycles. The van der Waals surface area contributed by atoms with Crippen LogP contribution < -0.4 is 5.73 Å². The molecule has 1 aliphatic rings. The molecule has 0 unspecified atom stereocenters. The van der Waals surface area contributed by atoms with Crippen molar-refractivity contribution in [3.8, 4) is 0 Å². The smallest absolute Gasteiger partial charge is 0.240 e. The fourth-order valence-electron chi connectivity index (χ4n) is 2.36. The molecule has 2 rings (SSSR count). The average Bonchev–Trinajstić information content (AvgIpc) is 2.46. The Labute approximate surface area is 137 Å². The lowest BCUT2D eigenvalue weighted by Crippen LogP contribution is -2.51. The van der Waals surface area contributed by atoms with Crippen LogP contribution in [0.4, 0.5) is 0 Å². The first kappa shape index (κ1) is 16.5. The number of carbonyl (C=O) groups is 2. The molecular formula is C14H16Cl2N2O2S. The normalized spacial score (nSPS) is 18.6. The van der Waals surface area contributed by atoms with Crippen LogP contribution in [0.5, 0.6) is 0 Å². The predicted molar refractivity (Wildman–Crippen MR) is 85.7 cm³/mol. The zero-order valence-corrected chi connectivity index (χ0v) is 13.7. The maximum Gasteiger partial charge on any atom is 0.240 e. The van der Waals surface area contributed by atoms with Crippen molar-refractivity contribution in [3.05, 3.63) is 28.2 Å². The molecule has 4 nitrogen and oxygen atoms in total. The standard InChI is InChI=1S/C14H16Cl2N2O2S/c15-9-4-3-5-10(16)13(9)21-8-12(19)18-7-2-1-6-11(18)14(17)20/h3-5,11H,1-2,6-8H2,(H2,17,20)/t11-/m1/s1. The van der Waals surface area contributed by atoms with Crippen LogP contribution in [0, 0.1) is 0 Å². The third kappa shape index (κ3) is 4.05. The Kier molecular flexibility index (Phi) is 5.79. The van der Waals surface area contributed by atoms with Gasteiger partial charge >= 0.3 is 0 Å². The molecule has 0 spiro atoms. The van der Waals surface area contributed by atoms with E-state index in [1.54, 1.807) is 23.1 Å². The van der Waals surface area contributed by atoms with Gasteiger partial charge in [-0.05, 0) is 31.4 Å². The second kappa shape index (κ2) is 7.38. The van der Waals surface area contributed by atoms with Gasteiger partial charge in [0.25, 0.3) is 0 Å². The van der Waals surface area contributed by atoms with Gasteiger partial charge < -0.3 is 10.6 Å². The Bertz CT molecular complexity index is 534. The van der Waals surface area contributed by atoms with Gasteiger partial charge in [-0.1, -0.05) is 29.3 Å². The van der Waals surface area contributed by atoms with Crippen molar-refractivity contribution in [2.24, 2.45) is 5.73 Å². The molecule has 1 heterocycles. The Morgan fingerprint density at radius 1 is 1.29 bits per heavy atom. The Balaban J connectivity index is 2.02. The molecular weight excluding hydrogens is 331 g/mol. The molecule has 0 saturated carbocycles. The van der Waals surface area contributed by atoms with Crippen molar-refractivity contribution in [1.82, 2.24) is 4.90 Å². The van der Waals surface area contributed by atoms with Gasteiger partial charge in [0, 0.05) is 11.4 Å². The molecule has 1 aliphatic heterocycles. The molecule has 1 fully saturated rings. The summed E-state index contributed by atoms with van der Waals surface area (Å²) in [7, 11) is 0. The second-order valence-corrected chi connectivity index (χ2v) is 6.64. The van der Waals surface area contributed by atoms with E-state index in [-0.39, 0.29) is 11.7 Å². The number of hydrogen-bond donors (Lipinski definition) is 1. The summed E-state index contributed by atoms with van der Waals surface area (Å²) in [5, 5.41) is 1.04. The van der Waals surface area contributed by atoms with Gasteiger partial charge in [-0.2, -0.15) is 0 Å². The van der Waals surface area contributed by atoms with E-state index in [4.69, 9.17) is 28.9 Å². The minimum Gasteiger partial charge on any atom is -0.368 e. The topological polar surface area (TPSA) is 63.4 Å². The van der Waals surface area contributed by atoms with Crippen molar-refractivity contribution >= 4 is 46.8 Å². The van der Waals surface area contributed by atoms with Gasteiger partial charge in [-0.15, -0.1) is 11.8 Å². The summed E-state index contributed by atoms with van der Waals surface area (Å²) in [6, 6.07) is 4.72. The van der Waals surface area contributed by atoms with Gasteiger partial charge in [0.1, 0.15) is 6.04 Å². The number of nitrogens with zero attached hydrogens (tertiary/aromatic N) is 1. The summed E-state index contributed by atoms with van der Waals surface area (Å²) >= 11 is 13.4. The fraction of sp³-hybridized carbons (Fsp3) is 0.429. The summed E-state index contributed by atoms with van der Waals surface area (Å²) in [6.45, 7) is 0.573. The minimum atomic E-state index is -0.492. The Morgan fingerprint density at radius 2 is 1.95 bits per heavy atom. The third-order valence-electron chi connectivity index (χ3n) is 3.41. The largest absolute Gasteiger partial charge is 0.368 e. The summed E-state index contributed by atoms with van der Waals surface area (Å²) in [4.78, 5) is 26.0. The van der Waals surface area contributed by atoms with Crippen LogP contribution in [0.15, 0.2) is 23.1 Å². The van der Waals surface area contributed by atoms with E-state index in [0.717, 1.165) is 12.8 Å². The molecule has 0 radical (unpaired) electrons. The molecule has 21 heavy (non-hydrogen) atoms. The SMILES string of the molecule is NC(=O)[C@H]1CCCCN1C(=O)CSc1c(Cl)cccc1Cl. The highest BCUT2D eigenvalue weighted by Crippen LogP contribution is 2.34. The van der Waals surface area contributed by atoms with Crippen molar-refractivity contribution in [2.75, 3.05) is 12.3 Å². The molecule has 114 valence electrons. The molecule has 1 atom stereocenters. The molecule has 0 aliphatic carbocycles. The van der Waals surface area contributed by atoms with Crippen molar-refractivity contribution in [2.45, 2.75) is 30.2 Å². The number of halogens is 2. The Hall–Kier alpha value is -0.910. The first-order chi connectivity index (χ1) is 10.0. The predicted octanol–water partition coefficient (Wildman–Crippen LogP) is 2.95. The van der Waals surface area contributed by atoms with Crippen LogP contribution in [0.3, 0.4) is 0 Å². The molecule has 1 saturated heterocycles. The van der Waals surface area contributed by atoms with E-state index < -0.39 is 11.9 Å². The first-order valence-electron chi connectivity index (χ1n) is 6.66. The molecule has 0 bridgehead atoms. The van der Waals surface area contributed by atoms with Gasteiger partial charge in [0.2, 0.25) is 11.8 Å². The van der Waals surface area contributed by atoms with E-state index in [1.165, 1.54) is 11.8 Å². The number of thioether (sulfide) groups is 1. The van der Waals surface area contributed by atoms with E-state index in [9.17, 15) is 9.59 Å². The number of hydrogen-bond acceptors (Lipinski definition) is 3. The molecule has 1 aromatic rings. The highest BCUT2D eigenvalue weighted by Gasteiger charge is 2.30. The number of nitrogens with two attached hydrogens (primary N) is 1. The fourth-order valence-corrected chi connectivity index (χ4v) is 3.93. The monoisotopic (exact) mass is 346 g/mol. The van der Waals surface area contributed by atoms with Gasteiger partial charge in [0.15, 0.2) is 0 Å². The highest BCUT2D eigenvalue weighted by atomic mass is 35.5. The lowest BCUT2D eigenvalue weighted by atomic mass is 10.0. The van der Waals surface area contributed by atoms with Crippen LogP contribution in [-0.2, 0) is 9.59 Å². The van der Waals surface area contributed by atoms with E-state index in [1.807, 2.05) is 0 Å². The molecule has 0 aromatic heterocycles. The van der Waals surface area contributed by atoms with Crippen LogP contribution >= 0.6 is 35.0 Å². The van der Waals surface area contributed by atoms with Crippen molar-refractivity contribution < 1.29 is 9.59 Å². The van der Waals surface area contributed by atoms with Crippen LogP contribution in [0.25, 0.3) is 0 Å². The number of rotatable bonds is 4. The van der Waals surface area contributed by atoms with Crippen LogP contribution in [0.1, 0.15) is 19.3 Å². The minimum absolute atomic E-state index is 0.112. The van der Waals surface area contributed by atoms with E-state index in [2.05, 4.69) is 0 Å². The molecule has 2 N–H and O–H groups in total. The van der Waals surface area contributed by atoms with Gasteiger partial charge in [0.05, 0.1) is 15.8 Å². The maximum absolute atomic E-state index is 12.3. The quantitative estimate of drug-likeness (QED) is 0.852. The van der Waals surface area contributed by atoms with Crippen molar-refractivity contribution in [3.63, 3.8) is 0 Å². The number of primary amides is 1. The zero-order valence-electron chi connectivity index (χ0n) is 11.4. The van der Waals surface area contributed by atoms with E-state index in [0.29, 0.717) is 27.9 Å².